The maximum absolute atomic E-state index is 12.6. The summed E-state index contributed by atoms with van der Waals surface area (Å²) in [5.41, 5.74) is 1.23. The zero-order chi connectivity index (χ0) is 15.2. The Morgan fingerprint density at radius 2 is 2.09 bits per heavy atom. The van der Waals surface area contributed by atoms with E-state index in [-0.39, 0.29) is 11.4 Å². The first-order chi connectivity index (χ1) is 10.7. The molecule has 1 saturated carbocycles. The number of aliphatic hydroxyl groups excluding tert-OH is 1. The van der Waals surface area contributed by atoms with Crippen molar-refractivity contribution in [2.24, 2.45) is 11.8 Å². The first-order valence-electron chi connectivity index (χ1n) is 9.04. The van der Waals surface area contributed by atoms with Crippen LogP contribution in [0.1, 0.15) is 44.9 Å². The van der Waals surface area contributed by atoms with Gasteiger partial charge in [0, 0.05) is 38.4 Å². The van der Waals surface area contributed by atoms with Crippen LogP contribution in [-0.2, 0) is 4.79 Å². The molecule has 3 fully saturated rings. The number of hydrogen-bond donors (Lipinski definition) is 1. The highest BCUT2D eigenvalue weighted by atomic mass is 16.3. The van der Waals surface area contributed by atoms with Crippen molar-refractivity contribution in [3.8, 4) is 0 Å². The van der Waals surface area contributed by atoms with Gasteiger partial charge in [-0.2, -0.15) is 0 Å². The highest BCUT2D eigenvalue weighted by Gasteiger charge is 2.55. The molecule has 0 bridgehead atoms. The van der Waals surface area contributed by atoms with Crippen LogP contribution in [0.5, 0.6) is 0 Å². The van der Waals surface area contributed by atoms with Crippen LogP contribution in [0.2, 0.25) is 0 Å². The summed E-state index contributed by atoms with van der Waals surface area (Å²) in [5.74, 6) is 1.56. The van der Waals surface area contributed by atoms with Gasteiger partial charge < -0.3 is 10.0 Å². The number of allylic oxidation sites excluding steroid dienone is 1. The van der Waals surface area contributed by atoms with Gasteiger partial charge in [0.2, 0.25) is 5.91 Å². The molecule has 1 spiro atoms. The molecule has 2 saturated heterocycles. The maximum Gasteiger partial charge on any atom is 0.249 e. The summed E-state index contributed by atoms with van der Waals surface area (Å²) in [4.78, 5) is 17.3. The Morgan fingerprint density at radius 3 is 2.73 bits per heavy atom. The second-order valence-electron chi connectivity index (χ2n) is 7.96. The second-order valence-corrected chi connectivity index (χ2v) is 7.96. The third-order valence-electron chi connectivity index (χ3n) is 6.07. The zero-order valence-electron chi connectivity index (χ0n) is 13.5. The van der Waals surface area contributed by atoms with E-state index < -0.39 is 0 Å². The number of carbonyl (C=O) groups excluding carboxylic acids is 1. The van der Waals surface area contributed by atoms with Gasteiger partial charge in [0.05, 0.1) is 5.54 Å². The summed E-state index contributed by atoms with van der Waals surface area (Å²) >= 11 is 0. The van der Waals surface area contributed by atoms with Crippen molar-refractivity contribution < 1.29 is 9.90 Å². The Bertz CT molecular complexity index is 477. The number of amides is 1. The minimum atomic E-state index is 0.181. The van der Waals surface area contributed by atoms with Crippen molar-refractivity contribution in [1.29, 1.82) is 0 Å². The van der Waals surface area contributed by atoms with E-state index in [0.29, 0.717) is 12.5 Å². The van der Waals surface area contributed by atoms with Crippen LogP contribution in [0.3, 0.4) is 0 Å². The Hall–Kier alpha value is -0.870. The normalized spacial score (nSPS) is 31.2. The van der Waals surface area contributed by atoms with Gasteiger partial charge in [0.1, 0.15) is 0 Å². The van der Waals surface area contributed by atoms with Gasteiger partial charge in [-0.25, -0.2) is 0 Å². The van der Waals surface area contributed by atoms with Gasteiger partial charge in [0.15, 0.2) is 0 Å². The van der Waals surface area contributed by atoms with Crippen molar-refractivity contribution in [3.63, 3.8) is 0 Å². The van der Waals surface area contributed by atoms with Gasteiger partial charge >= 0.3 is 0 Å². The molecule has 2 heterocycles. The van der Waals surface area contributed by atoms with Gasteiger partial charge in [0.25, 0.3) is 0 Å². The summed E-state index contributed by atoms with van der Waals surface area (Å²) in [6.07, 6.45) is 10.4. The molecule has 1 N–H and O–H groups in total. The van der Waals surface area contributed by atoms with E-state index in [9.17, 15) is 9.90 Å². The summed E-state index contributed by atoms with van der Waals surface area (Å²) in [5, 5.41) is 9.55. The van der Waals surface area contributed by atoms with Crippen molar-refractivity contribution >= 4 is 5.91 Å². The van der Waals surface area contributed by atoms with Gasteiger partial charge in [-0.05, 0) is 56.8 Å². The highest BCUT2D eigenvalue weighted by Crippen LogP contribution is 2.43. The fourth-order valence-corrected chi connectivity index (χ4v) is 4.61. The lowest BCUT2D eigenvalue weighted by molar-refractivity contribution is -0.140. The highest BCUT2D eigenvalue weighted by molar-refractivity contribution is 5.94. The van der Waals surface area contributed by atoms with Crippen LogP contribution in [0.4, 0.5) is 0 Å². The van der Waals surface area contributed by atoms with Crippen molar-refractivity contribution in [2.45, 2.75) is 50.5 Å². The summed E-state index contributed by atoms with van der Waals surface area (Å²) in [6, 6.07) is 0. The molecule has 0 unspecified atom stereocenters. The standard InChI is InChI=1S/C18H28N2O2/c21-11-15-8-18(20(10-15)9-14-6-7-14)12-19(13-18)17(22)16-4-2-1-3-5-16/h4,14-15,21H,1-3,5-13H2/t15-/m0/s1. The van der Waals surface area contributed by atoms with Gasteiger partial charge in [-0.1, -0.05) is 6.08 Å². The molecule has 2 aliphatic heterocycles. The lowest BCUT2D eigenvalue weighted by atomic mass is 9.83. The Labute approximate surface area is 133 Å². The molecule has 4 aliphatic rings. The number of rotatable bonds is 4. The van der Waals surface area contributed by atoms with E-state index in [0.717, 1.165) is 56.8 Å². The smallest absolute Gasteiger partial charge is 0.249 e. The third-order valence-corrected chi connectivity index (χ3v) is 6.07. The first kappa shape index (κ1) is 14.7. The molecular weight excluding hydrogens is 276 g/mol. The quantitative estimate of drug-likeness (QED) is 0.861. The molecule has 0 radical (unpaired) electrons. The minimum Gasteiger partial charge on any atom is -0.396 e. The van der Waals surface area contributed by atoms with Gasteiger partial charge in [-0.15, -0.1) is 0 Å². The monoisotopic (exact) mass is 304 g/mol. The third kappa shape index (κ3) is 2.61. The summed E-state index contributed by atoms with van der Waals surface area (Å²) < 4.78 is 0. The Kier molecular flexibility index (Phi) is 3.77. The largest absolute Gasteiger partial charge is 0.396 e. The molecule has 0 aromatic carbocycles. The van der Waals surface area contributed by atoms with E-state index in [4.69, 9.17) is 0 Å². The Balaban J connectivity index is 1.40. The van der Waals surface area contributed by atoms with Gasteiger partial charge in [-0.3, -0.25) is 9.69 Å². The number of aliphatic hydroxyl groups is 1. The molecule has 4 heteroatoms. The predicted octanol–water partition coefficient (Wildman–Crippen LogP) is 1.79. The topological polar surface area (TPSA) is 43.8 Å². The molecule has 22 heavy (non-hydrogen) atoms. The zero-order valence-corrected chi connectivity index (χ0v) is 13.5. The van der Waals surface area contributed by atoms with Crippen molar-refractivity contribution in [3.05, 3.63) is 11.6 Å². The molecule has 1 amide bonds. The lowest BCUT2D eigenvalue weighted by Gasteiger charge is -2.53. The van der Waals surface area contributed by atoms with Crippen LogP contribution >= 0.6 is 0 Å². The average molecular weight is 304 g/mol. The van der Waals surface area contributed by atoms with Crippen LogP contribution in [0, 0.1) is 11.8 Å². The number of nitrogens with zero attached hydrogens (tertiary/aromatic N) is 2. The van der Waals surface area contributed by atoms with Crippen LogP contribution < -0.4 is 0 Å². The molecule has 1 atom stereocenters. The number of hydrogen-bond acceptors (Lipinski definition) is 3. The second kappa shape index (κ2) is 5.64. The number of likely N-dealkylation sites (tertiary alicyclic amines) is 2. The maximum atomic E-state index is 12.6. The molecule has 2 aliphatic carbocycles. The van der Waals surface area contributed by atoms with Crippen LogP contribution in [-0.4, -0.2) is 59.1 Å². The fourth-order valence-electron chi connectivity index (χ4n) is 4.61. The molecule has 4 rings (SSSR count). The average Bonchev–Trinajstić information content (AvgIpc) is 3.25. The first-order valence-corrected chi connectivity index (χ1v) is 9.04. The van der Waals surface area contributed by atoms with Crippen molar-refractivity contribution in [1.82, 2.24) is 9.80 Å². The Morgan fingerprint density at radius 1 is 1.27 bits per heavy atom. The van der Waals surface area contributed by atoms with E-state index in [1.807, 2.05) is 0 Å². The van der Waals surface area contributed by atoms with E-state index in [2.05, 4.69) is 15.9 Å². The van der Waals surface area contributed by atoms with E-state index >= 15 is 0 Å². The fraction of sp³-hybridized carbons (Fsp3) is 0.833. The van der Waals surface area contributed by atoms with Crippen LogP contribution in [0.25, 0.3) is 0 Å². The summed E-state index contributed by atoms with van der Waals surface area (Å²) in [6.45, 7) is 4.26. The SMILES string of the molecule is O=C(C1=CCCCC1)N1CC2(C[C@H](CO)CN2CC2CC2)C1. The molecule has 0 aromatic heterocycles. The predicted molar refractivity (Wildman–Crippen MR) is 85.4 cm³/mol. The number of carbonyl (C=O) groups is 1. The minimum absolute atomic E-state index is 0.181. The van der Waals surface area contributed by atoms with E-state index in [1.54, 1.807) is 0 Å². The molecular formula is C18H28N2O2. The molecule has 122 valence electrons. The molecule has 0 aromatic rings. The van der Waals surface area contributed by atoms with E-state index in [1.165, 1.54) is 25.8 Å². The lowest BCUT2D eigenvalue weighted by Crippen LogP contribution is -2.69. The summed E-state index contributed by atoms with van der Waals surface area (Å²) in [7, 11) is 0. The van der Waals surface area contributed by atoms with Crippen molar-refractivity contribution in [2.75, 3.05) is 32.8 Å². The molecule has 4 nitrogen and oxygen atoms in total. The van der Waals surface area contributed by atoms with Crippen LogP contribution in [0.15, 0.2) is 11.6 Å².